The average Bonchev–Trinajstić information content (AvgIpc) is 3.23. The van der Waals surface area contributed by atoms with Crippen LogP contribution in [0, 0.1) is 10.1 Å². The molecule has 0 unspecified atom stereocenters. The Balaban J connectivity index is 1.57. The van der Waals surface area contributed by atoms with Crippen molar-refractivity contribution >= 4 is 27.5 Å². The Morgan fingerprint density at radius 2 is 1.21 bits per heavy atom. The Morgan fingerprint density at radius 3 is 1.97 bits per heavy atom. The summed E-state index contributed by atoms with van der Waals surface area (Å²) in [4.78, 5) is 11.8. The minimum atomic E-state index is -0.292. The summed E-state index contributed by atoms with van der Waals surface area (Å²) in [6.45, 7) is 0. The first-order valence-electron chi connectivity index (χ1n) is 11.1. The fourth-order valence-corrected chi connectivity index (χ4v) is 4.73. The molecule has 6 rings (SSSR count). The molecule has 5 aromatic carbocycles. The zero-order chi connectivity index (χ0) is 23.1. The third-order valence-corrected chi connectivity index (χ3v) is 6.30. The van der Waals surface area contributed by atoms with Gasteiger partial charge in [0, 0.05) is 22.5 Å². The summed E-state index contributed by atoms with van der Waals surface area (Å²) in [5, 5.41) is 14.2. The van der Waals surface area contributed by atoms with Crippen LogP contribution in [0.3, 0.4) is 0 Å². The van der Waals surface area contributed by atoms with Crippen molar-refractivity contribution < 1.29 is 4.92 Å². The molecule has 0 atom stereocenters. The van der Waals surface area contributed by atoms with Gasteiger partial charge in [0.1, 0.15) is 0 Å². The molecule has 1 aromatic heterocycles. The van der Waals surface area contributed by atoms with E-state index in [-0.39, 0.29) is 10.6 Å². The van der Waals surface area contributed by atoms with Crippen molar-refractivity contribution in [1.29, 1.82) is 0 Å². The van der Waals surface area contributed by atoms with Crippen LogP contribution in [0.15, 0.2) is 121 Å². The number of hydrogen-bond acceptors (Lipinski definition) is 2. The van der Waals surface area contributed by atoms with Crippen molar-refractivity contribution in [3.63, 3.8) is 0 Å². The van der Waals surface area contributed by atoms with E-state index < -0.39 is 0 Å². The summed E-state index contributed by atoms with van der Waals surface area (Å²) in [6, 6.07) is 39.9. The van der Waals surface area contributed by atoms with Gasteiger partial charge in [-0.2, -0.15) is 0 Å². The molecule has 34 heavy (non-hydrogen) atoms. The molecule has 0 aliphatic heterocycles. The first-order chi connectivity index (χ1) is 16.7. The standard InChI is InChI=1S/C30H20N2O2/c33-32(34)30-20-22(21-9-3-1-4-10-21)15-17-25(30)23-16-18-29-27(19-23)26-13-7-8-14-28(26)31(29)24-11-5-2-6-12-24/h1-20H. The number of benzene rings is 5. The Kier molecular flexibility index (Phi) is 4.70. The molecule has 1 heterocycles. The molecule has 0 fully saturated rings. The molecule has 0 aliphatic carbocycles. The van der Waals surface area contributed by atoms with Crippen LogP contribution < -0.4 is 0 Å². The lowest BCUT2D eigenvalue weighted by molar-refractivity contribution is -0.384. The smallest absolute Gasteiger partial charge is 0.277 e. The molecule has 0 bridgehead atoms. The summed E-state index contributed by atoms with van der Waals surface area (Å²) in [7, 11) is 0. The van der Waals surface area contributed by atoms with Crippen LogP contribution in [-0.2, 0) is 0 Å². The highest BCUT2D eigenvalue weighted by Gasteiger charge is 2.19. The van der Waals surface area contributed by atoms with E-state index in [4.69, 9.17) is 0 Å². The van der Waals surface area contributed by atoms with Gasteiger partial charge in [0.15, 0.2) is 0 Å². The van der Waals surface area contributed by atoms with Gasteiger partial charge in [-0.3, -0.25) is 10.1 Å². The maximum atomic E-state index is 12.0. The fraction of sp³-hybridized carbons (Fsp3) is 0. The summed E-state index contributed by atoms with van der Waals surface area (Å²) in [5.74, 6) is 0. The molecule has 0 amide bonds. The molecule has 0 aliphatic rings. The van der Waals surface area contributed by atoms with E-state index in [0.29, 0.717) is 5.56 Å². The average molecular weight is 441 g/mol. The highest BCUT2D eigenvalue weighted by atomic mass is 16.6. The minimum Gasteiger partial charge on any atom is -0.309 e. The third kappa shape index (κ3) is 3.24. The summed E-state index contributed by atoms with van der Waals surface area (Å²) >= 11 is 0. The zero-order valence-electron chi connectivity index (χ0n) is 18.3. The SMILES string of the molecule is O=[N+]([O-])c1cc(-c2ccccc2)ccc1-c1ccc2c(c1)c1ccccc1n2-c1ccccc1. The normalized spacial score (nSPS) is 11.2. The van der Waals surface area contributed by atoms with Crippen LogP contribution in [0.25, 0.3) is 49.7 Å². The fourth-order valence-electron chi connectivity index (χ4n) is 4.73. The van der Waals surface area contributed by atoms with E-state index >= 15 is 0 Å². The van der Waals surface area contributed by atoms with E-state index in [1.807, 2.05) is 78.9 Å². The van der Waals surface area contributed by atoms with Gasteiger partial charge < -0.3 is 4.57 Å². The molecule has 162 valence electrons. The number of para-hydroxylation sites is 2. The van der Waals surface area contributed by atoms with Gasteiger partial charge in [-0.15, -0.1) is 0 Å². The highest BCUT2D eigenvalue weighted by Crippen LogP contribution is 2.38. The quantitative estimate of drug-likeness (QED) is 0.206. The highest BCUT2D eigenvalue weighted by molar-refractivity contribution is 6.10. The lowest BCUT2D eigenvalue weighted by atomic mass is 9.97. The summed E-state index contributed by atoms with van der Waals surface area (Å²) in [5.41, 5.74) is 6.59. The van der Waals surface area contributed by atoms with Crippen LogP contribution in [0.5, 0.6) is 0 Å². The Hall–Kier alpha value is -4.70. The van der Waals surface area contributed by atoms with Crippen LogP contribution in [0.1, 0.15) is 0 Å². The van der Waals surface area contributed by atoms with Crippen LogP contribution in [-0.4, -0.2) is 9.49 Å². The molecule has 4 heteroatoms. The van der Waals surface area contributed by atoms with E-state index in [1.165, 1.54) is 0 Å². The number of rotatable bonds is 4. The number of nitro groups is 1. The molecule has 6 aromatic rings. The van der Waals surface area contributed by atoms with Crippen LogP contribution in [0.2, 0.25) is 0 Å². The maximum absolute atomic E-state index is 12.0. The second-order valence-electron chi connectivity index (χ2n) is 8.28. The first-order valence-corrected chi connectivity index (χ1v) is 11.1. The summed E-state index contributed by atoms with van der Waals surface area (Å²) < 4.78 is 2.24. The first kappa shape index (κ1) is 19.9. The molecule has 4 nitrogen and oxygen atoms in total. The van der Waals surface area contributed by atoms with Crippen molar-refractivity contribution in [3.05, 3.63) is 131 Å². The lowest BCUT2D eigenvalue weighted by Gasteiger charge is -2.09. The molecular weight excluding hydrogens is 420 g/mol. The predicted octanol–water partition coefficient (Wildman–Crippen LogP) is 8.03. The van der Waals surface area contributed by atoms with Crippen LogP contribution >= 0.6 is 0 Å². The van der Waals surface area contributed by atoms with E-state index in [1.54, 1.807) is 6.07 Å². The molecule has 0 saturated carbocycles. The van der Waals surface area contributed by atoms with Crippen molar-refractivity contribution in [2.45, 2.75) is 0 Å². The monoisotopic (exact) mass is 440 g/mol. The van der Waals surface area contributed by atoms with E-state index in [9.17, 15) is 10.1 Å². The van der Waals surface area contributed by atoms with Crippen molar-refractivity contribution in [2.75, 3.05) is 0 Å². The van der Waals surface area contributed by atoms with Gasteiger partial charge in [-0.05, 0) is 53.1 Å². The molecule has 0 saturated heterocycles. The van der Waals surface area contributed by atoms with Gasteiger partial charge in [0.2, 0.25) is 0 Å². The van der Waals surface area contributed by atoms with Gasteiger partial charge in [-0.25, -0.2) is 0 Å². The van der Waals surface area contributed by atoms with Crippen molar-refractivity contribution in [3.8, 4) is 27.9 Å². The Morgan fingerprint density at radius 1 is 0.559 bits per heavy atom. The van der Waals surface area contributed by atoms with Crippen molar-refractivity contribution in [1.82, 2.24) is 4.57 Å². The Labute approximate surface area is 196 Å². The van der Waals surface area contributed by atoms with Gasteiger partial charge in [0.05, 0.1) is 21.5 Å². The van der Waals surface area contributed by atoms with Gasteiger partial charge >= 0.3 is 0 Å². The van der Waals surface area contributed by atoms with Gasteiger partial charge in [0.25, 0.3) is 5.69 Å². The maximum Gasteiger partial charge on any atom is 0.277 e. The zero-order valence-corrected chi connectivity index (χ0v) is 18.3. The topological polar surface area (TPSA) is 48.1 Å². The number of nitrogens with zero attached hydrogens (tertiary/aromatic N) is 2. The second-order valence-corrected chi connectivity index (χ2v) is 8.28. The second kappa shape index (κ2) is 8.01. The molecule has 0 radical (unpaired) electrons. The van der Waals surface area contributed by atoms with Crippen LogP contribution in [0.4, 0.5) is 5.69 Å². The van der Waals surface area contributed by atoms with E-state index in [0.717, 1.165) is 44.2 Å². The predicted molar refractivity (Wildman–Crippen MR) is 138 cm³/mol. The summed E-state index contributed by atoms with van der Waals surface area (Å²) in [6.07, 6.45) is 0. The largest absolute Gasteiger partial charge is 0.309 e. The van der Waals surface area contributed by atoms with E-state index in [2.05, 4.69) is 41.0 Å². The lowest BCUT2D eigenvalue weighted by Crippen LogP contribution is -1.94. The molecular formula is C30H20N2O2. The minimum absolute atomic E-state index is 0.104. The third-order valence-electron chi connectivity index (χ3n) is 6.30. The van der Waals surface area contributed by atoms with Gasteiger partial charge in [-0.1, -0.05) is 78.9 Å². The number of nitro benzene ring substituents is 1. The Bertz CT molecular complexity index is 1670. The number of fused-ring (bicyclic) bond motifs is 3. The van der Waals surface area contributed by atoms with Crippen molar-refractivity contribution in [2.24, 2.45) is 0 Å². The molecule has 0 spiro atoms. The number of hydrogen-bond donors (Lipinski definition) is 0. The number of aromatic nitrogens is 1. The molecule has 0 N–H and O–H groups in total.